The second-order valence-electron chi connectivity index (χ2n) is 4.40. The van der Waals surface area contributed by atoms with E-state index in [0.29, 0.717) is 4.75 Å². The third-order valence-corrected chi connectivity index (χ3v) is 3.82. The predicted molar refractivity (Wildman–Crippen MR) is 64.2 cm³/mol. The third-order valence-electron chi connectivity index (χ3n) is 2.54. The summed E-state index contributed by atoms with van der Waals surface area (Å²) < 4.78 is 0.320. The molecule has 14 heavy (non-hydrogen) atoms. The van der Waals surface area contributed by atoms with E-state index in [0.717, 1.165) is 13.0 Å². The highest BCUT2D eigenvalue weighted by atomic mass is 32.2. The van der Waals surface area contributed by atoms with Crippen LogP contribution in [0.3, 0.4) is 0 Å². The van der Waals surface area contributed by atoms with Crippen LogP contribution in [-0.2, 0) is 6.42 Å². The summed E-state index contributed by atoms with van der Waals surface area (Å²) in [5, 5.41) is 3.51. The summed E-state index contributed by atoms with van der Waals surface area (Å²) in [5.74, 6) is 0. The van der Waals surface area contributed by atoms with E-state index in [1.54, 1.807) is 0 Å². The lowest BCUT2D eigenvalue weighted by molar-refractivity contribution is 0.739. The number of hydrogen-bond donors (Lipinski definition) is 1. The quantitative estimate of drug-likeness (QED) is 0.756. The fraction of sp³-hybridized carbons (Fsp3) is 0.500. The van der Waals surface area contributed by atoms with Crippen molar-refractivity contribution in [1.29, 1.82) is 0 Å². The molecular formula is C12H17NS. The molecule has 2 heteroatoms. The lowest BCUT2D eigenvalue weighted by Gasteiger charge is -2.31. The normalized spacial score (nSPS) is 18.5. The van der Waals surface area contributed by atoms with E-state index in [1.165, 1.54) is 16.1 Å². The minimum absolute atomic E-state index is 0.320. The summed E-state index contributed by atoms with van der Waals surface area (Å²) in [5.41, 5.74) is 2.73. The number of anilines is 1. The minimum atomic E-state index is 0.320. The van der Waals surface area contributed by atoms with Gasteiger partial charge >= 0.3 is 0 Å². The van der Waals surface area contributed by atoms with Gasteiger partial charge in [-0.15, -0.1) is 11.8 Å². The first kappa shape index (κ1) is 9.91. The van der Waals surface area contributed by atoms with Gasteiger partial charge in [0, 0.05) is 21.9 Å². The summed E-state index contributed by atoms with van der Waals surface area (Å²) in [7, 11) is 0. The van der Waals surface area contributed by atoms with Crippen molar-refractivity contribution in [3.63, 3.8) is 0 Å². The third kappa shape index (κ3) is 1.90. The van der Waals surface area contributed by atoms with E-state index in [4.69, 9.17) is 0 Å². The average molecular weight is 207 g/mol. The van der Waals surface area contributed by atoms with Crippen molar-refractivity contribution >= 4 is 17.4 Å². The van der Waals surface area contributed by atoms with Gasteiger partial charge in [0.2, 0.25) is 0 Å². The van der Waals surface area contributed by atoms with Gasteiger partial charge < -0.3 is 5.32 Å². The van der Waals surface area contributed by atoms with Crippen LogP contribution in [0, 0.1) is 0 Å². The number of benzene rings is 1. The number of fused-ring (bicyclic) bond motifs is 1. The molecule has 2 rings (SSSR count). The van der Waals surface area contributed by atoms with Gasteiger partial charge in [-0.2, -0.15) is 0 Å². The highest BCUT2D eigenvalue weighted by Gasteiger charge is 2.25. The van der Waals surface area contributed by atoms with Gasteiger partial charge in [0.1, 0.15) is 0 Å². The van der Waals surface area contributed by atoms with Gasteiger partial charge in [-0.25, -0.2) is 0 Å². The summed E-state index contributed by atoms with van der Waals surface area (Å²) in [6.45, 7) is 7.81. The lowest BCUT2D eigenvalue weighted by atomic mass is 10.1. The van der Waals surface area contributed by atoms with Crippen molar-refractivity contribution in [1.82, 2.24) is 0 Å². The molecule has 1 aromatic rings. The minimum Gasteiger partial charge on any atom is -0.383 e. The number of hydrogen-bond acceptors (Lipinski definition) is 2. The SMILES string of the molecule is CCc1ccc2c(c1)NCC(C)(C)S2. The maximum absolute atomic E-state index is 3.51. The molecule has 0 radical (unpaired) electrons. The molecule has 0 bridgehead atoms. The van der Waals surface area contributed by atoms with E-state index in [-0.39, 0.29) is 0 Å². The first-order valence-corrected chi connectivity index (χ1v) is 5.98. The zero-order valence-corrected chi connectivity index (χ0v) is 9.87. The van der Waals surface area contributed by atoms with Gasteiger partial charge in [-0.05, 0) is 38.0 Å². The zero-order valence-electron chi connectivity index (χ0n) is 9.05. The molecule has 0 aliphatic carbocycles. The Morgan fingerprint density at radius 1 is 1.43 bits per heavy atom. The van der Waals surface area contributed by atoms with Crippen LogP contribution in [-0.4, -0.2) is 11.3 Å². The van der Waals surface area contributed by atoms with Crippen LogP contribution in [0.25, 0.3) is 0 Å². The molecule has 1 N–H and O–H groups in total. The molecule has 0 saturated heterocycles. The molecule has 1 aliphatic heterocycles. The molecule has 76 valence electrons. The number of nitrogens with one attached hydrogen (secondary N) is 1. The Morgan fingerprint density at radius 3 is 2.93 bits per heavy atom. The highest BCUT2D eigenvalue weighted by molar-refractivity contribution is 8.00. The molecule has 0 fully saturated rings. The van der Waals surface area contributed by atoms with Gasteiger partial charge in [0.25, 0.3) is 0 Å². The zero-order chi connectivity index (χ0) is 10.2. The van der Waals surface area contributed by atoms with Crippen LogP contribution in [0.1, 0.15) is 26.3 Å². The van der Waals surface area contributed by atoms with Gasteiger partial charge in [-0.3, -0.25) is 0 Å². The summed E-state index contributed by atoms with van der Waals surface area (Å²) in [6, 6.07) is 6.75. The maximum Gasteiger partial charge on any atom is 0.0481 e. The number of aryl methyl sites for hydroxylation is 1. The molecule has 0 spiro atoms. The first-order chi connectivity index (χ1) is 6.61. The van der Waals surface area contributed by atoms with E-state index in [1.807, 2.05) is 11.8 Å². The first-order valence-electron chi connectivity index (χ1n) is 5.16. The number of thioether (sulfide) groups is 1. The number of rotatable bonds is 1. The van der Waals surface area contributed by atoms with Crippen molar-refractivity contribution in [2.45, 2.75) is 36.8 Å². The van der Waals surface area contributed by atoms with Crippen molar-refractivity contribution < 1.29 is 0 Å². The Bertz CT molecular complexity index is 344. The average Bonchev–Trinajstić information content (AvgIpc) is 2.16. The molecule has 0 unspecified atom stereocenters. The van der Waals surface area contributed by atoms with E-state index >= 15 is 0 Å². The molecular weight excluding hydrogens is 190 g/mol. The van der Waals surface area contributed by atoms with E-state index < -0.39 is 0 Å². The topological polar surface area (TPSA) is 12.0 Å². The molecule has 0 aromatic heterocycles. The highest BCUT2D eigenvalue weighted by Crippen LogP contribution is 2.41. The summed E-state index contributed by atoms with van der Waals surface area (Å²) >= 11 is 1.97. The smallest absolute Gasteiger partial charge is 0.0481 e. The van der Waals surface area contributed by atoms with Gasteiger partial charge in [0.05, 0.1) is 0 Å². The largest absolute Gasteiger partial charge is 0.383 e. The van der Waals surface area contributed by atoms with Crippen LogP contribution in [0.5, 0.6) is 0 Å². The van der Waals surface area contributed by atoms with Crippen LogP contribution < -0.4 is 5.32 Å². The molecule has 1 aliphatic rings. The second kappa shape index (κ2) is 3.50. The van der Waals surface area contributed by atoms with Gasteiger partial charge in [0.15, 0.2) is 0 Å². The van der Waals surface area contributed by atoms with Crippen molar-refractivity contribution in [2.75, 3.05) is 11.9 Å². The Hall–Kier alpha value is -0.630. The van der Waals surface area contributed by atoms with Crippen molar-refractivity contribution in [3.8, 4) is 0 Å². The van der Waals surface area contributed by atoms with Crippen LogP contribution >= 0.6 is 11.8 Å². The molecule has 1 aromatic carbocycles. The van der Waals surface area contributed by atoms with Crippen LogP contribution in [0.4, 0.5) is 5.69 Å². The fourth-order valence-corrected chi connectivity index (χ4v) is 2.78. The van der Waals surface area contributed by atoms with E-state index in [2.05, 4.69) is 44.3 Å². The monoisotopic (exact) mass is 207 g/mol. The van der Waals surface area contributed by atoms with E-state index in [9.17, 15) is 0 Å². The summed E-state index contributed by atoms with van der Waals surface area (Å²) in [6.07, 6.45) is 1.11. The predicted octanol–water partition coefficient (Wildman–Crippen LogP) is 3.55. The standard InChI is InChI=1S/C12H17NS/c1-4-9-5-6-11-10(7-9)13-8-12(2,3)14-11/h5-7,13H,4,8H2,1-3H3. The Kier molecular flexibility index (Phi) is 2.48. The van der Waals surface area contributed by atoms with Crippen LogP contribution in [0.2, 0.25) is 0 Å². The molecule has 1 heterocycles. The fourth-order valence-electron chi connectivity index (χ4n) is 1.67. The lowest BCUT2D eigenvalue weighted by Crippen LogP contribution is -2.29. The molecule has 0 atom stereocenters. The second-order valence-corrected chi connectivity index (χ2v) is 6.15. The maximum atomic E-state index is 3.51. The molecule has 0 saturated carbocycles. The Balaban J connectivity index is 2.32. The summed E-state index contributed by atoms with van der Waals surface area (Å²) in [4.78, 5) is 1.39. The van der Waals surface area contributed by atoms with Crippen LogP contribution in [0.15, 0.2) is 23.1 Å². The Labute approximate surface area is 90.3 Å². The van der Waals surface area contributed by atoms with Crippen molar-refractivity contribution in [3.05, 3.63) is 23.8 Å². The van der Waals surface area contributed by atoms with Gasteiger partial charge in [-0.1, -0.05) is 13.0 Å². The molecule has 1 nitrogen and oxygen atoms in total. The molecule has 0 amide bonds. The van der Waals surface area contributed by atoms with Crippen molar-refractivity contribution in [2.24, 2.45) is 0 Å². The Morgan fingerprint density at radius 2 is 2.21 bits per heavy atom.